The van der Waals surface area contributed by atoms with E-state index in [1.807, 2.05) is 20.8 Å². The van der Waals surface area contributed by atoms with Gasteiger partial charge in [-0.15, -0.1) is 0 Å². The van der Waals surface area contributed by atoms with Crippen molar-refractivity contribution in [1.29, 1.82) is 0 Å². The van der Waals surface area contributed by atoms with E-state index in [9.17, 15) is 4.79 Å². The summed E-state index contributed by atoms with van der Waals surface area (Å²) in [6, 6.07) is 3.47. The number of hydrogen-bond donors (Lipinski definition) is 1. The van der Waals surface area contributed by atoms with E-state index in [2.05, 4.69) is 4.98 Å². The van der Waals surface area contributed by atoms with Crippen LogP contribution in [0, 0.1) is 5.41 Å². The second-order valence-corrected chi connectivity index (χ2v) is 4.56. The third-order valence-corrected chi connectivity index (χ3v) is 2.10. The first-order valence-electron chi connectivity index (χ1n) is 4.82. The van der Waals surface area contributed by atoms with E-state index in [1.165, 1.54) is 0 Å². The Balaban J connectivity index is 2.90. The molecule has 1 heterocycles. The first-order valence-corrected chi connectivity index (χ1v) is 4.82. The van der Waals surface area contributed by atoms with Gasteiger partial charge in [0.1, 0.15) is 5.82 Å². The highest BCUT2D eigenvalue weighted by atomic mass is 16.2. The van der Waals surface area contributed by atoms with Gasteiger partial charge in [0, 0.05) is 12.5 Å². The molecule has 1 rings (SSSR count). The molecule has 0 aromatic carbocycles. The van der Waals surface area contributed by atoms with E-state index >= 15 is 0 Å². The molecule has 0 saturated carbocycles. The SMILES string of the molecule is CN(C(=O)C(C)(C)C)c1ccc(N)nc1. The van der Waals surface area contributed by atoms with Gasteiger partial charge in [-0.1, -0.05) is 20.8 Å². The molecule has 0 unspecified atom stereocenters. The van der Waals surface area contributed by atoms with Crippen LogP contribution in [0.2, 0.25) is 0 Å². The van der Waals surface area contributed by atoms with Crippen LogP contribution in [0.3, 0.4) is 0 Å². The highest BCUT2D eigenvalue weighted by Crippen LogP contribution is 2.21. The molecular weight excluding hydrogens is 190 g/mol. The second kappa shape index (κ2) is 3.88. The van der Waals surface area contributed by atoms with Crippen LogP contribution in [-0.2, 0) is 4.79 Å². The maximum absolute atomic E-state index is 11.9. The van der Waals surface area contributed by atoms with Crippen LogP contribution in [0.4, 0.5) is 11.5 Å². The molecule has 15 heavy (non-hydrogen) atoms. The molecule has 0 aliphatic heterocycles. The lowest BCUT2D eigenvalue weighted by Crippen LogP contribution is -2.36. The summed E-state index contributed by atoms with van der Waals surface area (Å²) in [4.78, 5) is 17.5. The van der Waals surface area contributed by atoms with Crippen molar-refractivity contribution >= 4 is 17.4 Å². The van der Waals surface area contributed by atoms with Crippen LogP contribution in [0.5, 0.6) is 0 Å². The zero-order chi connectivity index (χ0) is 11.6. The molecule has 1 aromatic heterocycles. The molecular formula is C11H17N3O. The average Bonchev–Trinajstić information content (AvgIpc) is 2.15. The van der Waals surface area contributed by atoms with E-state index in [0.717, 1.165) is 5.69 Å². The number of nitrogen functional groups attached to an aromatic ring is 1. The van der Waals surface area contributed by atoms with Crippen molar-refractivity contribution in [3.8, 4) is 0 Å². The molecule has 4 heteroatoms. The summed E-state index contributed by atoms with van der Waals surface area (Å²) < 4.78 is 0. The number of rotatable bonds is 1. The fourth-order valence-electron chi connectivity index (χ4n) is 1.22. The summed E-state index contributed by atoms with van der Waals surface area (Å²) in [5.74, 6) is 0.504. The molecule has 1 aromatic rings. The number of hydrogen-bond acceptors (Lipinski definition) is 3. The van der Waals surface area contributed by atoms with E-state index in [4.69, 9.17) is 5.73 Å². The lowest BCUT2D eigenvalue weighted by atomic mass is 9.95. The van der Waals surface area contributed by atoms with Crippen LogP contribution in [0.25, 0.3) is 0 Å². The smallest absolute Gasteiger partial charge is 0.232 e. The molecule has 1 amide bonds. The fraction of sp³-hybridized carbons (Fsp3) is 0.455. The highest BCUT2D eigenvalue weighted by molar-refractivity contribution is 5.96. The molecule has 82 valence electrons. The first kappa shape index (κ1) is 11.5. The summed E-state index contributed by atoms with van der Waals surface area (Å²) in [6.45, 7) is 5.66. The van der Waals surface area contributed by atoms with Gasteiger partial charge in [-0.25, -0.2) is 4.98 Å². The third-order valence-electron chi connectivity index (χ3n) is 2.10. The molecule has 0 saturated heterocycles. The van der Waals surface area contributed by atoms with Gasteiger partial charge in [-0.3, -0.25) is 4.79 Å². The summed E-state index contributed by atoms with van der Waals surface area (Å²) in [5.41, 5.74) is 5.84. The minimum atomic E-state index is -0.393. The van der Waals surface area contributed by atoms with Gasteiger partial charge in [-0.2, -0.15) is 0 Å². The summed E-state index contributed by atoms with van der Waals surface area (Å²) in [5, 5.41) is 0. The average molecular weight is 207 g/mol. The van der Waals surface area contributed by atoms with Crippen molar-refractivity contribution in [2.24, 2.45) is 5.41 Å². The Morgan fingerprint density at radius 1 is 1.40 bits per heavy atom. The lowest BCUT2D eigenvalue weighted by Gasteiger charge is -2.25. The zero-order valence-corrected chi connectivity index (χ0v) is 9.61. The standard InChI is InChI=1S/C11H17N3O/c1-11(2,3)10(15)14(4)8-5-6-9(12)13-7-8/h5-7H,1-4H3,(H2,12,13). The number of amides is 1. The lowest BCUT2D eigenvalue weighted by molar-refractivity contribution is -0.125. The maximum Gasteiger partial charge on any atom is 0.232 e. The number of carbonyl (C=O) groups excluding carboxylic acids is 1. The normalized spacial score (nSPS) is 11.2. The Labute approximate surface area is 90.1 Å². The molecule has 0 spiro atoms. The predicted molar refractivity (Wildman–Crippen MR) is 61.5 cm³/mol. The second-order valence-electron chi connectivity index (χ2n) is 4.56. The van der Waals surface area contributed by atoms with E-state index in [1.54, 1.807) is 30.3 Å². The van der Waals surface area contributed by atoms with E-state index < -0.39 is 5.41 Å². The molecule has 2 N–H and O–H groups in total. The first-order chi connectivity index (χ1) is 6.82. The number of anilines is 2. The largest absolute Gasteiger partial charge is 0.384 e. The van der Waals surface area contributed by atoms with Gasteiger partial charge in [0.2, 0.25) is 5.91 Å². The monoisotopic (exact) mass is 207 g/mol. The van der Waals surface area contributed by atoms with Crippen molar-refractivity contribution in [2.75, 3.05) is 17.7 Å². The van der Waals surface area contributed by atoms with Crippen LogP contribution in [0.1, 0.15) is 20.8 Å². The van der Waals surface area contributed by atoms with Gasteiger partial charge in [0.25, 0.3) is 0 Å². The Morgan fingerprint density at radius 3 is 2.40 bits per heavy atom. The van der Waals surface area contributed by atoms with Gasteiger partial charge in [0.05, 0.1) is 11.9 Å². The summed E-state index contributed by atoms with van der Waals surface area (Å²) >= 11 is 0. The van der Waals surface area contributed by atoms with Crippen LogP contribution in [-0.4, -0.2) is 17.9 Å². The van der Waals surface area contributed by atoms with Crippen molar-refractivity contribution in [3.05, 3.63) is 18.3 Å². The van der Waals surface area contributed by atoms with Crippen LogP contribution < -0.4 is 10.6 Å². The molecule has 0 aliphatic carbocycles. The zero-order valence-electron chi connectivity index (χ0n) is 9.61. The molecule has 0 bridgehead atoms. The molecule has 0 aliphatic rings. The third kappa shape index (κ3) is 2.68. The topological polar surface area (TPSA) is 59.2 Å². The minimum Gasteiger partial charge on any atom is -0.384 e. The van der Waals surface area contributed by atoms with Crippen molar-refractivity contribution in [2.45, 2.75) is 20.8 Å². The van der Waals surface area contributed by atoms with E-state index in [-0.39, 0.29) is 5.91 Å². The number of nitrogens with zero attached hydrogens (tertiary/aromatic N) is 2. The number of nitrogens with two attached hydrogens (primary N) is 1. The quantitative estimate of drug-likeness (QED) is 0.762. The number of aromatic nitrogens is 1. The molecule has 0 atom stereocenters. The highest BCUT2D eigenvalue weighted by Gasteiger charge is 2.25. The Morgan fingerprint density at radius 2 is 2.00 bits per heavy atom. The number of pyridine rings is 1. The van der Waals surface area contributed by atoms with Crippen molar-refractivity contribution < 1.29 is 4.79 Å². The van der Waals surface area contributed by atoms with Crippen LogP contribution in [0.15, 0.2) is 18.3 Å². The predicted octanol–water partition coefficient (Wildman–Crippen LogP) is 1.67. The van der Waals surface area contributed by atoms with Crippen LogP contribution >= 0.6 is 0 Å². The van der Waals surface area contributed by atoms with Gasteiger partial charge >= 0.3 is 0 Å². The molecule has 0 fully saturated rings. The maximum atomic E-state index is 11.9. The fourth-order valence-corrected chi connectivity index (χ4v) is 1.22. The molecule has 0 radical (unpaired) electrons. The Bertz CT molecular complexity index is 351. The van der Waals surface area contributed by atoms with Gasteiger partial charge in [0.15, 0.2) is 0 Å². The Kier molecular flexibility index (Phi) is 2.98. The van der Waals surface area contributed by atoms with Gasteiger partial charge < -0.3 is 10.6 Å². The Hall–Kier alpha value is -1.58. The van der Waals surface area contributed by atoms with Crippen molar-refractivity contribution in [1.82, 2.24) is 4.98 Å². The minimum absolute atomic E-state index is 0.0501. The summed E-state index contributed by atoms with van der Waals surface area (Å²) in [6.07, 6.45) is 1.60. The molecule has 4 nitrogen and oxygen atoms in total. The van der Waals surface area contributed by atoms with Gasteiger partial charge in [-0.05, 0) is 12.1 Å². The van der Waals surface area contributed by atoms with E-state index in [0.29, 0.717) is 5.82 Å². The number of carbonyl (C=O) groups is 1. The van der Waals surface area contributed by atoms with Crippen molar-refractivity contribution in [3.63, 3.8) is 0 Å². The summed E-state index contributed by atoms with van der Waals surface area (Å²) in [7, 11) is 1.74.